The topological polar surface area (TPSA) is 85.8 Å². The van der Waals surface area contributed by atoms with Crippen LogP contribution in [0.15, 0.2) is 24.4 Å². The smallest absolute Gasteiger partial charge is 0.237 e. The molecule has 0 saturated heterocycles. The molecule has 2 heterocycles. The summed E-state index contributed by atoms with van der Waals surface area (Å²) >= 11 is 1.69. The van der Waals surface area contributed by atoms with E-state index in [0.717, 1.165) is 28.5 Å². The first-order chi connectivity index (χ1) is 11.0. The van der Waals surface area contributed by atoms with E-state index in [9.17, 15) is 4.79 Å². The molecule has 2 aromatic heterocycles. The van der Waals surface area contributed by atoms with Crippen molar-refractivity contribution in [3.63, 3.8) is 0 Å². The van der Waals surface area contributed by atoms with Gasteiger partial charge in [0.25, 0.3) is 0 Å². The van der Waals surface area contributed by atoms with Crippen molar-refractivity contribution in [1.82, 2.24) is 20.1 Å². The third-order valence-electron chi connectivity index (χ3n) is 3.47. The van der Waals surface area contributed by atoms with Crippen LogP contribution >= 0.6 is 24.2 Å². The summed E-state index contributed by atoms with van der Waals surface area (Å²) in [6.45, 7) is 4.37. The monoisotopic (exact) mass is 369 g/mol. The average Bonchev–Trinajstić information content (AvgIpc) is 2.89. The second-order valence-corrected chi connectivity index (χ2v) is 6.45. The van der Waals surface area contributed by atoms with Crippen LogP contribution in [-0.4, -0.2) is 38.7 Å². The van der Waals surface area contributed by atoms with Crippen LogP contribution in [0, 0.1) is 13.8 Å². The van der Waals surface area contributed by atoms with E-state index < -0.39 is 6.04 Å². The van der Waals surface area contributed by atoms with Crippen molar-refractivity contribution in [2.45, 2.75) is 32.9 Å². The van der Waals surface area contributed by atoms with Gasteiger partial charge in [0.05, 0.1) is 11.7 Å². The van der Waals surface area contributed by atoms with Crippen LogP contribution in [-0.2, 0) is 11.3 Å². The van der Waals surface area contributed by atoms with Crippen LogP contribution < -0.4 is 11.1 Å². The number of hydrogen-bond donors (Lipinski definition) is 2. The SMILES string of the molecule is CSCCC(N)C(=O)NCc1ccc(-n2nc(C)cc2C)nc1.Cl. The Kier molecular flexibility index (Phi) is 8.24. The molecule has 0 fully saturated rings. The Bertz CT molecular complexity index is 659. The third kappa shape index (κ3) is 5.51. The second kappa shape index (κ2) is 9.66. The van der Waals surface area contributed by atoms with E-state index in [-0.39, 0.29) is 18.3 Å². The highest BCUT2D eigenvalue weighted by atomic mass is 35.5. The van der Waals surface area contributed by atoms with E-state index in [1.54, 1.807) is 22.6 Å². The van der Waals surface area contributed by atoms with Crippen molar-refractivity contribution in [2.75, 3.05) is 12.0 Å². The average molecular weight is 370 g/mol. The molecule has 0 aliphatic carbocycles. The number of rotatable bonds is 7. The van der Waals surface area contributed by atoms with Gasteiger partial charge in [-0.1, -0.05) is 6.07 Å². The Hall–Kier alpha value is -1.57. The lowest BCUT2D eigenvalue weighted by molar-refractivity contribution is -0.122. The van der Waals surface area contributed by atoms with Gasteiger partial charge in [0.1, 0.15) is 0 Å². The number of pyridine rings is 1. The first kappa shape index (κ1) is 20.5. The number of amides is 1. The first-order valence-electron chi connectivity index (χ1n) is 7.52. The van der Waals surface area contributed by atoms with Gasteiger partial charge in [0, 0.05) is 18.4 Å². The van der Waals surface area contributed by atoms with Crippen molar-refractivity contribution in [1.29, 1.82) is 0 Å². The second-order valence-electron chi connectivity index (χ2n) is 5.47. The Morgan fingerprint density at radius 2 is 2.17 bits per heavy atom. The predicted octanol–water partition coefficient (Wildman–Crippen LogP) is 2.00. The number of nitrogens with one attached hydrogen (secondary N) is 1. The summed E-state index contributed by atoms with van der Waals surface area (Å²) in [7, 11) is 0. The maximum Gasteiger partial charge on any atom is 0.237 e. The molecule has 0 bridgehead atoms. The minimum absolute atomic E-state index is 0. The molecule has 2 aromatic rings. The normalized spacial score (nSPS) is 11.7. The van der Waals surface area contributed by atoms with Crippen molar-refractivity contribution in [3.05, 3.63) is 41.3 Å². The molecule has 6 nitrogen and oxygen atoms in total. The number of carbonyl (C=O) groups is 1. The largest absolute Gasteiger partial charge is 0.351 e. The highest BCUT2D eigenvalue weighted by molar-refractivity contribution is 7.98. The molecule has 0 spiro atoms. The molecule has 24 heavy (non-hydrogen) atoms. The summed E-state index contributed by atoms with van der Waals surface area (Å²) in [5, 5.41) is 7.25. The summed E-state index contributed by atoms with van der Waals surface area (Å²) in [4.78, 5) is 16.3. The first-order valence-corrected chi connectivity index (χ1v) is 8.91. The molecule has 0 aromatic carbocycles. The van der Waals surface area contributed by atoms with Gasteiger partial charge in [-0.25, -0.2) is 9.67 Å². The summed E-state index contributed by atoms with van der Waals surface area (Å²) in [6, 6.07) is 5.39. The molecule has 1 atom stereocenters. The molecule has 1 amide bonds. The third-order valence-corrected chi connectivity index (χ3v) is 4.12. The molecule has 8 heteroatoms. The molecule has 2 rings (SSSR count). The van der Waals surface area contributed by atoms with Crippen LogP contribution in [0.3, 0.4) is 0 Å². The number of carbonyl (C=O) groups excluding carboxylic acids is 1. The van der Waals surface area contributed by atoms with E-state index in [2.05, 4.69) is 15.4 Å². The van der Waals surface area contributed by atoms with E-state index >= 15 is 0 Å². The molecule has 132 valence electrons. The fourth-order valence-electron chi connectivity index (χ4n) is 2.20. The minimum atomic E-state index is -0.454. The Balaban J connectivity index is 0.00000288. The molecular formula is C16H24ClN5OS. The van der Waals surface area contributed by atoms with Gasteiger partial charge in [0.2, 0.25) is 5.91 Å². The zero-order valence-corrected chi connectivity index (χ0v) is 15.8. The molecular weight excluding hydrogens is 346 g/mol. The Morgan fingerprint density at radius 1 is 1.42 bits per heavy atom. The number of nitrogens with two attached hydrogens (primary N) is 1. The number of halogens is 1. The van der Waals surface area contributed by atoms with Gasteiger partial charge in [-0.2, -0.15) is 16.9 Å². The summed E-state index contributed by atoms with van der Waals surface area (Å²) in [5.74, 6) is 1.53. The quantitative estimate of drug-likeness (QED) is 0.779. The molecule has 0 saturated carbocycles. The number of aryl methyl sites for hydroxylation is 2. The van der Waals surface area contributed by atoms with Crippen molar-refractivity contribution in [2.24, 2.45) is 5.73 Å². The van der Waals surface area contributed by atoms with Crippen LogP contribution in [0.1, 0.15) is 23.4 Å². The minimum Gasteiger partial charge on any atom is -0.351 e. The van der Waals surface area contributed by atoms with Crippen molar-refractivity contribution < 1.29 is 4.79 Å². The van der Waals surface area contributed by atoms with Gasteiger partial charge < -0.3 is 11.1 Å². The summed E-state index contributed by atoms with van der Waals surface area (Å²) in [5.41, 5.74) is 8.76. The highest BCUT2D eigenvalue weighted by Crippen LogP contribution is 2.10. The van der Waals surface area contributed by atoms with Crippen LogP contribution in [0.2, 0.25) is 0 Å². The molecule has 0 radical (unpaired) electrons. The van der Waals surface area contributed by atoms with E-state index in [1.165, 1.54) is 0 Å². The van der Waals surface area contributed by atoms with Crippen LogP contribution in [0.5, 0.6) is 0 Å². The van der Waals surface area contributed by atoms with Gasteiger partial charge >= 0.3 is 0 Å². The molecule has 3 N–H and O–H groups in total. The standard InChI is InChI=1S/C16H23N5OS.ClH/c1-11-8-12(2)21(20-11)15-5-4-13(9-18-15)10-19-16(22)14(17)6-7-23-3;/h4-5,8-9,14H,6-7,10,17H2,1-3H3,(H,19,22);1H. The molecule has 1 unspecified atom stereocenters. The van der Waals surface area contributed by atoms with E-state index in [1.807, 2.05) is 38.3 Å². The lowest BCUT2D eigenvalue weighted by Gasteiger charge is -2.11. The zero-order valence-electron chi connectivity index (χ0n) is 14.2. The van der Waals surface area contributed by atoms with Crippen molar-refractivity contribution in [3.8, 4) is 5.82 Å². The van der Waals surface area contributed by atoms with Gasteiger partial charge in [-0.05, 0) is 50.0 Å². The maximum atomic E-state index is 11.9. The van der Waals surface area contributed by atoms with Crippen LogP contribution in [0.4, 0.5) is 0 Å². The summed E-state index contributed by atoms with van der Waals surface area (Å²) < 4.78 is 1.80. The zero-order chi connectivity index (χ0) is 16.8. The molecule has 0 aliphatic heterocycles. The number of hydrogen-bond acceptors (Lipinski definition) is 5. The summed E-state index contributed by atoms with van der Waals surface area (Å²) in [6.07, 6.45) is 4.43. The van der Waals surface area contributed by atoms with Crippen LogP contribution in [0.25, 0.3) is 5.82 Å². The lowest BCUT2D eigenvalue weighted by Crippen LogP contribution is -2.40. The van der Waals surface area contributed by atoms with Gasteiger partial charge in [-0.15, -0.1) is 12.4 Å². The number of nitrogens with zero attached hydrogens (tertiary/aromatic N) is 3. The number of thioether (sulfide) groups is 1. The highest BCUT2D eigenvalue weighted by Gasteiger charge is 2.12. The maximum absolute atomic E-state index is 11.9. The predicted molar refractivity (Wildman–Crippen MR) is 101 cm³/mol. The fraction of sp³-hybridized carbons (Fsp3) is 0.438. The number of aromatic nitrogens is 3. The fourth-order valence-corrected chi connectivity index (χ4v) is 2.69. The van der Waals surface area contributed by atoms with Gasteiger partial charge in [-0.3, -0.25) is 4.79 Å². The Labute approximate surface area is 153 Å². The molecule has 0 aliphatic rings. The Morgan fingerprint density at radius 3 is 2.71 bits per heavy atom. The van der Waals surface area contributed by atoms with E-state index in [0.29, 0.717) is 13.0 Å². The van der Waals surface area contributed by atoms with Crippen molar-refractivity contribution >= 4 is 30.1 Å². The van der Waals surface area contributed by atoms with Gasteiger partial charge in [0.15, 0.2) is 5.82 Å². The lowest BCUT2D eigenvalue weighted by atomic mass is 10.2. The van der Waals surface area contributed by atoms with E-state index in [4.69, 9.17) is 5.73 Å².